The molecule has 2 rings (SSSR count). The van der Waals surface area contributed by atoms with Crippen LogP contribution in [0, 0.1) is 0 Å². The third-order valence-electron chi connectivity index (χ3n) is 2.70. The highest BCUT2D eigenvalue weighted by Gasteiger charge is 2.28. The SMILES string of the molecule is O=C(CS[C@H]1CCS(=O)(=O)C1)NNC(=O)c1cccs1. The molecule has 1 aromatic heterocycles. The average Bonchev–Trinajstić information content (AvgIpc) is 3.03. The van der Waals surface area contributed by atoms with Crippen molar-refractivity contribution in [3.05, 3.63) is 22.4 Å². The van der Waals surface area contributed by atoms with E-state index in [0.717, 1.165) is 0 Å². The van der Waals surface area contributed by atoms with Crippen molar-refractivity contribution < 1.29 is 18.0 Å². The average molecular weight is 334 g/mol. The van der Waals surface area contributed by atoms with Crippen molar-refractivity contribution in [2.24, 2.45) is 0 Å². The van der Waals surface area contributed by atoms with Crippen LogP contribution in [0.25, 0.3) is 0 Å². The first-order valence-electron chi connectivity index (χ1n) is 5.91. The van der Waals surface area contributed by atoms with E-state index < -0.39 is 9.84 Å². The summed E-state index contributed by atoms with van der Waals surface area (Å²) in [6.07, 6.45) is 0.585. The molecule has 2 heterocycles. The molecule has 6 nitrogen and oxygen atoms in total. The molecule has 2 N–H and O–H groups in total. The van der Waals surface area contributed by atoms with Crippen LogP contribution in [0.4, 0.5) is 0 Å². The van der Waals surface area contributed by atoms with E-state index in [4.69, 9.17) is 0 Å². The summed E-state index contributed by atoms with van der Waals surface area (Å²) in [6.45, 7) is 0. The van der Waals surface area contributed by atoms with Gasteiger partial charge in [0, 0.05) is 5.25 Å². The second-order valence-electron chi connectivity index (χ2n) is 4.32. The molecule has 1 saturated heterocycles. The lowest BCUT2D eigenvalue weighted by atomic mass is 10.4. The zero-order chi connectivity index (χ0) is 14.6. The molecule has 20 heavy (non-hydrogen) atoms. The first-order chi connectivity index (χ1) is 9.46. The quantitative estimate of drug-likeness (QED) is 0.779. The minimum atomic E-state index is -2.92. The summed E-state index contributed by atoms with van der Waals surface area (Å²) in [5, 5.41) is 1.74. The maximum Gasteiger partial charge on any atom is 0.279 e. The predicted octanol–water partition coefficient (Wildman–Crippen LogP) is 0.429. The smallest absolute Gasteiger partial charge is 0.272 e. The van der Waals surface area contributed by atoms with Crippen molar-refractivity contribution >= 4 is 44.8 Å². The Kier molecular flexibility index (Phi) is 5.06. The normalized spacial score (nSPS) is 20.5. The number of thioether (sulfide) groups is 1. The number of thiophene rings is 1. The Hall–Kier alpha value is -1.06. The fourth-order valence-corrected chi connectivity index (χ4v) is 5.78. The first-order valence-corrected chi connectivity index (χ1v) is 9.66. The Morgan fingerprint density at radius 1 is 1.40 bits per heavy atom. The first kappa shape index (κ1) is 15.3. The van der Waals surface area contributed by atoms with Crippen LogP contribution in [0.1, 0.15) is 16.1 Å². The van der Waals surface area contributed by atoms with E-state index in [9.17, 15) is 18.0 Å². The number of hydrogen-bond acceptors (Lipinski definition) is 6. The molecule has 1 aliphatic rings. The van der Waals surface area contributed by atoms with Crippen molar-refractivity contribution in [3.8, 4) is 0 Å². The number of hydrazine groups is 1. The molecule has 0 radical (unpaired) electrons. The molecule has 9 heteroatoms. The largest absolute Gasteiger partial charge is 0.279 e. The molecule has 0 bridgehead atoms. The van der Waals surface area contributed by atoms with Crippen molar-refractivity contribution in [1.29, 1.82) is 0 Å². The monoisotopic (exact) mass is 334 g/mol. The van der Waals surface area contributed by atoms with Crippen molar-refractivity contribution in [2.45, 2.75) is 11.7 Å². The van der Waals surface area contributed by atoms with E-state index in [-0.39, 0.29) is 34.3 Å². The molecular formula is C11H14N2O4S3. The van der Waals surface area contributed by atoms with Crippen LogP contribution in [0.3, 0.4) is 0 Å². The molecule has 1 aromatic rings. The Morgan fingerprint density at radius 2 is 2.20 bits per heavy atom. The zero-order valence-corrected chi connectivity index (χ0v) is 12.9. The molecule has 0 spiro atoms. The van der Waals surface area contributed by atoms with Gasteiger partial charge in [0.1, 0.15) is 0 Å². The molecule has 2 amide bonds. The van der Waals surface area contributed by atoms with E-state index in [1.165, 1.54) is 23.1 Å². The standard InChI is InChI=1S/C11H14N2O4S3/c14-10(6-19-8-3-5-20(16,17)7-8)12-13-11(15)9-2-1-4-18-9/h1-2,4,8H,3,5-7H2,(H,12,14)(H,13,15)/t8-/m0/s1. The zero-order valence-electron chi connectivity index (χ0n) is 10.5. The molecule has 110 valence electrons. The minimum absolute atomic E-state index is 0.0289. The number of sulfone groups is 1. The fourth-order valence-electron chi connectivity index (χ4n) is 1.72. The van der Waals surface area contributed by atoms with Gasteiger partial charge >= 0.3 is 0 Å². The van der Waals surface area contributed by atoms with Crippen LogP contribution in [0.15, 0.2) is 17.5 Å². The lowest BCUT2D eigenvalue weighted by molar-refractivity contribution is -0.119. The summed E-state index contributed by atoms with van der Waals surface area (Å²) in [6, 6.07) is 3.40. The molecular weight excluding hydrogens is 320 g/mol. The molecule has 0 aliphatic carbocycles. The van der Waals surface area contributed by atoms with E-state index in [2.05, 4.69) is 10.9 Å². The summed E-state index contributed by atoms with van der Waals surface area (Å²) in [5.74, 6) is -0.246. The Labute approximate surface area is 125 Å². The van der Waals surface area contributed by atoms with Gasteiger partial charge in [-0.3, -0.25) is 20.4 Å². The minimum Gasteiger partial charge on any atom is -0.272 e. The molecule has 1 atom stereocenters. The highest BCUT2D eigenvalue weighted by atomic mass is 32.2. The Morgan fingerprint density at radius 3 is 2.80 bits per heavy atom. The van der Waals surface area contributed by atoms with Crippen LogP contribution in [-0.4, -0.2) is 42.7 Å². The van der Waals surface area contributed by atoms with Crippen LogP contribution in [0.5, 0.6) is 0 Å². The van der Waals surface area contributed by atoms with Gasteiger partial charge in [0.15, 0.2) is 9.84 Å². The van der Waals surface area contributed by atoms with Crippen LogP contribution >= 0.6 is 23.1 Å². The number of carbonyl (C=O) groups is 2. The van der Waals surface area contributed by atoms with E-state index in [1.807, 2.05) is 0 Å². The topological polar surface area (TPSA) is 92.3 Å². The van der Waals surface area contributed by atoms with Gasteiger partial charge in [-0.15, -0.1) is 23.1 Å². The fraction of sp³-hybridized carbons (Fsp3) is 0.455. The van der Waals surface area contributed by atoms with Crippen molar-refractivity contribution in [1.82, 2.24) is 10.9 Å². The van der Waals surface area contributed by atoms with E-state index >= 15 is 0 Å². The number of rotatable bonds is 4. The highest BCUT2D eigenvalue weighted by molar-refractivity contribution is 8.02. The summed E-state index contributed by atoms with van der Waals surface area (Å²) >= 11 is 2.58. The molecule has 0 aromatic carbocycles. The van der Waals surface area contributed by atoms with E-state index in [0.29, 0.717) is 11.3 Å². The van der Waals surface area contributed by atoms with Gasteiger partial charge in [-0.25, -0.2) is 8.42 Å². The van der Waals surface area contributed by atoms with Gasteiger partial charge in [-0.05, 0) is 17.9 Å². The Bertz CT molecular complexity index is 583. The lowest BCUT2D eigenvalue weighted by Gasteiger charge is -2.08. The second-order valence-corrected chi connectivity index (χ2v) is 8.78. The summed E-state index contributed by atoms with van der Waals surface area (Å²) in [4.78, 5) is 23.6. The number of nitrogens with one attached hydrogen (secondary N) is 2. The second kappa shape index (κ2) is 6.59. The Balaban J connectivity index is 1.67. The van der Waals surface area contributed by atoms with Gasteiger partial charge in [-0.1, -0.05) is 6.07 Å². The number of hydrogen-bond donors (Lipinski definition) is 2. The maximum absolute atomic E-state index is 11.6. The van der Waals surface area contributed by atoms with Crippen LogP contribution in [-0.2, 0) is 14.6 Å². The molecule has 0 saturated carbocycles. The summed E-state index contributed by atoms with van der Waals surface area (Å²) in [5.41, 5.74) is 4.63. The molecule has 1 fully saturated rings. The van der Waals surface area contributed by atoms with Crippen LogP contribution < -0.4 is 10.9 Å². The van der Waals surface area contributed by atoms with E-state index in [1.54, 1.807) is 17.5 Å². The number of amides is 2. The summed E-state index contributed by atoms with van der Waals surface area (Å²) < 4.78 is 22.5. The van der Waals surface area contributed by atoms with Gasteiger partial charge in [-0.2, -0.15) is 0 Å². The van der Waals surface area contributed by atoms with Gasteiger partial charge in [0.2, 0.25) is 5.91 Å². The predicted molar refractivity (Wildman–Crippen MR) is 79.4 cm³/mol. The lowest BCUT2D eigenvalue weighted by Crippen LogP contribution is -2.42. The maximum atomic E-state index is 11.6. The molecule has 0 unspecified atom stereocenters. The third kappa shape index (κ3) is 4.50. The summed E-state index contributed by atoms with van der Waals surface area (Å²) in [7, 11) is -2.92. The van der Waals surface area contributed by atoms with Gasteiger partial charge in [0.05, 0.1) is 22.1 Å². The third-order valence-corrected chi connectivity index (χ3v) is 6.85. The van der Waals surface area contributed by atoms with Crippen molar-refractivity contribution in [3.63, 3.8) is 0 Å². The van der Waals surface area contributed by atoms with Crippen LogP contribution in [0.2, 0.25) is 0 Å². The number of carbonyl (C=O) groups excluding carboxylic acids is 2. The molecule has 1 aliphatic heterocycles. The van der Waals surface area contributed by atoms with Crippen molar-refractivity contribution in [2.75, 3.05) is 17.3 Å². The van der Waals surface area contributed by atoms with Gasteiger partial charge in [0.25, 0.3) is 5.91 Å². The van der Waals surface area contributed by atoms with Gasteiger partial charge < -0.3 is 0 Å². The highest BCUT2D eigenvalue weighted by Crippen LogP contribution is 2.23.